The standard InChI is InChI=1S/C24H22N2O3/c1-18-12-14-20(15-13-18)23(27)26-22(11-5-9-19-7-3-2-4-8-19)24(28)25-17-21-10-6-16-29-21/h2-16H,17H2,1H3,(H,25,28)(H,26,27)/b9-5+,22-11-. The largest absolute Gasteiger partial charge is 0.467 e. The normalized spacial score (nSPS) is 11.4. The van der Waals surface area contributed by atoms with Gasteiger partial charge < -0.3 is 15.1 Å². The van der Waals surface area contributed by atoms with Crippen LogP contribution in [-0.4, -0.2) is 11.8 Å². The summed E-state index contributed by atoms with van der Waals surface area (Å²) >= 11 is 0. The van der Waals surface area contributed by atoms with Crippen LogP contribution in [0.25, 0.3) is 6.08 Å². The van der Waals surface area contributed by atoms with E-state index in [0.29, 0.717) is 11.3 Å². The lowest BCUT2D eigenvalue weighted by molar-refractivity contribution is -0.118. The summed E-state index contributed by atoms with van der Waals surface area (Å²) in [5.74, 6) is -0.125. The van der Waals surface area contributed by atoms with Crippen LogP contribution in [0.15, 0.2) is 95.3 Å². The van der Waals surface area contributed by atoms with Gasteiger partial charge in [0.2, 0.25) is 0 Å². The number of rotatable bonds is 7. The van der Waals surface area contributed by atoms with E-state index in [1.807, 2.05) is 55.5 Å². The molecule has 0 aliphatic carbocycles. The van der Waals surface area contributed by atoms with Crippen molar-refractivity contribution in [1.82, 2.24) is 10.6 Å². The van der Waals surface area contributed by atoms with E-state index in [2.05, 4.69) is 10.6 Å². The number of carbonyl (C=O) groups excluding carboxylic acids is 2. The molecule has 0 aliphatic rings. The van der Waals surface area contributed by atoms with Gasteiger partial charge in [-0.05, 0) is 42.8 Å². The molecule has 5 heteroatoms. The number of carbonyl (C=O) groups is 2. The maximum Gasteiger partial charge on any atom is 0.268 e. The molecule has 2 aromatic carbocycles. The van der Waals surface area contributed by atoms with Gasteiger partial charge in [0.05, 0.1) is 12.8 Å². The number of allylic oxidation sites excluding steroid dienone is 2. The first-order valence-electron chi connectivity index (χ1n) is 9.24. The van der Waals surface area contributed by atoms with Crippen molar-refractivity contribution in [2.45, 2.75) is 13.5 Å². The van der Waals surface area contributed by atoms with Gasteiger partial charge in [0, 0.05) is 5.56 Å². The molecule has 0 radical (unpaired) electrons. The molecule has 0 bridgehead atoms. The van der Waals surface area contributed by atoms with Gasteiger partial charge in [-0.1, -0.05) is 60.2 Å². The van der Waals surface area contributed by atoms with E-state index in [9.17, 15) is 9.59 Å². The van der Waals surface area contributed by atoms with Crippen molar-refractivity contribution in [2.75, 3.05) is 0 Å². The highest BCUT2D eigenvalue weighted by Gasteiger charge is 2.14. The molecule has 2 N–H and O–H groups in total. The molecule has 3 rings (SSSR count). The molecule has 0 saturated heterocycles. The zero-order chi connectivity index (χ0) is 20.5. The van der Waals surface area contributed by atoms with E-state index in [1.54, 1.807) is 42.7 Å². The number of amides is 2. The Hall–Kier alpha value is -3.86. The Bertz CT molecular complexity index is 1000. The molecule has 0 atom stereocenters. The van der Waals surface area contributed by atoms with E-state index in [4.69, 9.17) is 4.42 Å². The second-order valence-corrected chi connectivity index (χ2v) is 6.43. The highest BCUT2D eigenvalue weighted by molar-refractivity contribution is 6.03. The van der Waals surface area contributed by atoms with Crippen LogP contribution in [0.5, 0.6) is 0 Å². The van der Waals surface area contributed by atoms with Gasteiger partial charge in [-0.25, -0.2) is 0 Å². The topological polar surface area (TPSA) is 71.3 Å². The lowest BCUT2D eigenvalue weighted by atomic mass is 10.1. The van der Waals surface area contributed by atoms with Crippen LogP contribution in [0.1, 0.15) is 27.2 Å². The van der Waals surface area contributed by atoms with Gasteiger partial charge in [-0.2, -0.15) is 0 Å². The fourth-order valence-electron chi connectivity index (χ4n) is 2.57. The summed E-state index contributed by atoms with van der Waals surface area (Å²) in [7, 11) is 0. The number of benzene rings is 2. The quantitative estimate of drug-likeness (QED) is 0.471. The molecule has 0 saturated carbocycles. The number of furan rings is 1. The van der Waals surface area contributed by atoms with Crippen molar-refractivity contribution in [1.29, 1.82) is 0 Å². The zero-order valence-electron chi connectivity index (χ0n) is 16.1. The highest BCUT2D eigenvalue weighted by Crippen LogP contribution is 2.06. The Balaban J connectivity index is 1.74. The lowest BCUT2D eigenvalue weighted by Crippen LogP contribution is -2.34. The lowest BCUT2D eigenvalue weighted by Gasteiger charge is -2.10. The summed E-state index contributed by atoms with van der Waals surface area (Å²) in [5, 5.41) is 5.45. The van der Waals surface area contributed by atoms with E-state index in [0.717, 1.165) is 11.1 Å². The van der Waals surface area contributed by atoms with Crippen LogP contribution in [0.4, 0.5) is 0 Å². The molecule has 29 heavy (non-hydrogen) atoms. The molecule has 0 unspecified atom stereocenters. The monoisotopic (exact) mass is 386 g/mol. The van der Waals surface area contributed by atoms with Crippen LogP contribution < -0.4 is 10.6 Å². The Kier molecular flexibility index (Phi) is 6.79. The Labute approximate surface area is 169 Å². The minimum absolute atomic E-state index is 0.148. The summed E-state index contributed by atoms with van der Waals surface area (Å²) in [4.78, 5) is 25.2. The molecule has 0 fully saturated rings. The van der Waals surface area contributed by atoms with Gasteiger partial charge >= 0.3 is 0 Å². The van der Waals surface area contributed by atoms with Crippen molar-refractivity contribution in [3.63, 3.8) is 0 Å². The van der Waals surface area contributed by atoms with Gasteiger partial charge in [0.25, 0.3) is 11.8 Å². The SMILES string of the molecule is Cc1ccc(C(=O)N/C(=C\C=C\c2ccccc2)C(=O)NCc2ccco2)cc1. The fourth-order valence-corrected chi connectivity index (χ4v) is 2.57. The van der Waals surface area contributed by atoms with E-state index in [1.165, 1.54) is 0 Å². The number of aryl methyl sites for hydroxylation is 1. The minimum Gasteiger partial charge on any atom is -0.467 e. The van der Waals surface area contributed by atoms with Gasteiger partial charge in [-0.3, -0.25) is 9.59 Å². The summed E-state index contributed by atoms with van der Waals surface area (Å²) in [6.07, 6.45) is 6.71. The first-order valence-corrected chi connectivity index (χ1v) is 9.24. The number of nitrogens with one attached hydrogen (secondary N) is 2. The van der Waals surface area contributed by atoms with Crippen LogP contribution >= 0.6 is 0 Å². The maximum atomic E-state index is 12.6. The number of hydrogen-bond donors (Lipinski definition) is 2. The van der Waals surface area contributed by atoms with Gasteiger partial charge in [0.15, 0.2) is 0 Å². The molecule has 3 aromatic rings. The molecule has 1 heterocycles. The molecule has 146 valence electrons. The first kappa shape index (κ1) is 19.9. The minimum atomic E-state index is -0.403. The Morgan fingerprint density at radius 3 is 2.41 bits per heavy atom. The predicted molar refractivity (Wildman–Crippen MR) is 113 cm³/mol. The van der Waals surface area contributed by atoms with Crippen molar-refractivity contribution in [3.8, 4) is 0 Å². The van der Waals surface area contributed by atoms with Crippen LogP contribution in [0.2, 0.25) is 0 Å². The molecule has 0 aliphatic heterocycles. The number of hydrogen-bond acceptors (Lipinski definition) is 3. The molecular formula is C24H22N2O3. The fraction of sp³-hybridized carbons (Fsp3) is 0.0833. The van der Waals surface area contributed by atoms with Crippen molar-refractivity contribution >= 4 is 17.9 Å². The second-order valence-electron chi connectivity index (χ2n) is 6.43. The van der Waals surface area contributed by atoms with Crippen molar-refractivity contribution < 1.29 is 14.0 Å². The molecular weight excluding hydrogens is 364 g/mol. The third kappa shape index (κ3) is 6.07. The summed E-state index contributed by atoms with van der Waals surface area (Å²) in [5.41, 5.74) is 2.67. The highest BCUT2D eigenvalue weighted by atomic mass is 16.3. The zero-order valence-corrected chi connectivity index (χ0v) is 16.1. The third-order valence-electron chi connectivity index (χ3n) is 4.16. The second kappa shape index (κ2) is 9.90. The molecule has 2 amide bonds. The van der Waals surface area contributed by atoms with Crippen LogP contribution in [0, 0.1) is 6.92 Å². The Morgan fingerprint density at radius 2 is 1.72 bits per heavy atom. The van der Waals surface area contributed by atoms with Crippen molar-refractivity contribution in [2.24, 2.45) is 0 Å². The predicted octanol–water partition coefficient (Wildman–Crippen LogP) is 4.23. The average molecular weight is 386 g/mol. The summed E-state index contributed by atoms with van der Waals surface area (Å²) in [6.45, 7) is 2.18. The molecule has 1 aromatic heterocycles. The average Bonchev–Trinajstić information content (AvgIpc) is 3.26. The van der Waals surface area contributed by atoms with Gasteiger partial charge in [-0.15, -0.1) is 0 Å². The summed E-state index contributed by atoms with van der Waals surface area (Å²) in [6, 6.07) is 20.4. The molecule has 0 spiro atoms. The smallest absolute Gasteiger partial charge is 0.268 e. The Morgan fingerprint density at radius 1 is 0.966 bits per heavy atom. The van der Waals surface area contributed by atoms with E-state index >= 15 is 0 Å². The van der Waals surface area contributed by atoms with E-state index < -0.39 is 5.91 Å². The van der Waals surface area contributed by atoms with Crippen molar-refractivity contribution in [3.05, 3.63) is 113 Å². The third-order valence-corrected chi connectivity index (χ3v) is 4.16. The van der Waals surface area contributed by atoms with Crippen LogP contribution in [-0.2, 0) is 11.3 Å². The van der Waals surface area contributed by atoms with Crippen LogP contribution in [0.3, 0.4) is 0 Å². The summed E-state index contributed by atoms with van der Waals surface area (Å²) < 4.78 is 5.23. The maximum absolute atomic E-state index is 12.6. The molecule has 5 nitrogen and oxygen atoms in total. The van der Waals surface area contributed by atoms with E-state index in [-0.39, 0.29) is 18.1 Å². The first-order chi connectivity index (χ1) is 14.1. The van der Waals surface area contributed by atoms with Gasteiger partial charge in [0.1, 0.15) is 11.5 Å².